The van der Waals surface area contributed by atoms with Gasteiger partial charge in [0.05, 0.1) is 6.04 Å². The van der Waals surface area contributed by atoms with Crippen LogP contribution in [0, 0.1) is 0 Å². The molecule has 0 saturated carbocycles. The molecule has 2 aromatic rings. The minimum atomic E-state index is -3.58. The second-order valence-electron chi connectivity index (χ2n) is 5.70. The van der Waals surface area contributed by atoms with Gasteiger partial charge in [-0.25, -0.2) is 8.42 Å². The first-order chi connectivity index (χ1) is 11.1. The van der Waals surface area contributed by atoms with E-state index in [1.807, 2.05) is 4.57 Å². The van der Waals surface area contributed by atoms with Gasteiger partial charge in [0.15, 0.2) is 5.82 Å². The van der Waals surface area contributed by atoms with E-state index >= 15 is 0 Å². The number of pyridine rings is 1. The first-order valence-corrected chi connectivity index (χ1v) is 9.38. The zero-order valence-corrected chi connectivity index (χ0v) is 14.0. The molecule has 2 aromatic heterocycles. The Morgan fingerprint density at radius 1 is 1.35 bits per heavy atom. The Bertz CT molecular complexity index is 744. The maximum atomic E-state index is 13.0. The number of aryl methyl sites for hydroxylation is 1. The van der Waals surface area contributed by atoms with Crippen LogP contribution in [0.3, 0.4) is 0 Å². The summed E-state index contributed by atoms with van der Waals surface area (Å²) in [5.74, 6) is 0.735. The fourth-order valence-corrected chi connectivity index (χ4v) is 4.64. The van der Waals surface area contributed by atoms with Crippen molar-refractivity contribution in [3.63, 3.8) is 0 Å². The highest BCUT2D eigenvalue weighted by Gasteiger charge is 2.36. The predicted molar refractivity (Wildman–Crippen MR) is 85.0 cm³/mol. The van der Waals surface area contributed by atoms with Crippen LogP contribution >= 0.6 is 0 Å². The lowest BCUT2D eigenvalue weighted by molar-refractivity contribution is 0.240. The molecule has 0 aromatic carbocycles. The molecule has 124 valence electrons. The van der Waals surface area contributed by atoms with E-state index in [1.165, 1.54) is 6.20 Å². The Labute approximate surface area is 136 Å². The maximum absolute atomic E-state index is 13.0. The standard InChI is InChI=1S/C15H21N5O2S/c1-2-9-19-12-17-18-15(19)14-7-3-4-10-20(14)23(21,22)13-6-5-8-16-11-13/h5-6,8,11-12,14H,2-4,7,9-10H2,1H3/t14-/m1/s1. The Hall–Kier alpha value is -1.80. The van der Waals surface area contributed by atoms with Gasteiger partial charge in [0.25, 0.3) is 0 Å². The quantitative estimate of drug-likeness (QED) is 0.835. The van der Waals surface area contributed by atoms with Crippen molar-refractivity contribution in [3.8, 4) is 0 Å². The third-order valence-corrected chi connectivity index (χ3v) is 5.99. The van der Waals surface area contributed by atoms with E-state index < -0.39 is 10.0 Å². The largest absolute Gasteiger partial charge is 0.316 e. The Morgan fingerprint density at radius 2 is 2.22 bits per heavy atom. The van der Waals surface area contributed by atoms with Crippen LogP contribution in [0.4, 0.5) is 0 Å². The lowest BCUT2D eigenvalue weighted by Crippen LogP contribution is -2.39. The molecule has 7 nitrogen and oxygen atoms in total. The summed E-state index contributed by atoms with van der Waals surface area (Å²) in [7, 11) is -3.58. The molecule has 0 aliphatic carbocycles. The number of nitrogens with zero attached hydrogens (tertiary/aromatic N) is 5. The first kappa shape index (κ1) is 16.1. The predicted octanol–water partition coefficient (Wildman–Crippen LogP) is 2.00. The highest BCUT2D eigenvalue weighted by atomic mass is 32.2. The Kier molecular flexibility index (Phi) is 4.72. The van der Waals surface area contributed by atoms with Crippen LogP contribution in [0.15, 0.2) is 35.7 Å². The first-order valence-electron chi connectivity index (χ1n) is 7.94. The van der Waals surface area contributed by atoms with E-state index in [-0.39, 0.29) is 10.9 Å². The van der Waals surface area contributed by atoms with Crippen LogP contribution in [0.1, 0.15) is 44.5 Å². The van der Waals surface area contributed by atoms with E-state index in [2.05, 4.69) is 22.1 Å². The maximum Gasteiger partial charge on any atom is 0.245 e. The Morgan fingerprint density at radius 3 is 2.96 bits per heavy atom. The molecule has 0 amide bonds. The van der Waals surface area contributed by atoms with E-state index in [4.69, 9.17) is 0 Å². The van der Waals surface area contributed by atoms with Gasteiger partial charge < -0.3 is 4.57 Å². The molecule has 1 aliphatic heterocycles. The number of piperidine rings is 1. The second-order valence-corrected chi connectivity index (χ2v) is 7.59. The SMILES string of the molecule is CCCn1cnnc1[C@H]1CCCCN1S(=O)(=O)c1cccnc1. The van der Waals surface area contributed by atoms with Gasteiger partial charge in [0, 0.05) is 25.5 Å². The number of aromatic nitrogens is 4. The van der Waals surface area contributed by atoms with Crippen molar-refractivity contribution < 1.29 is 8.42 Å². The molecule has 23 heavy (non-hydrogen) atoms. The van der Waals surface area contributed by atoms with Crippen molar-refractivity contribution in [1.29, 1.82) is 0 Å². The van der Waals surface area contributed by atoms with E-state index in [0.29, 0.717) is 6.54 Å². The molecule has 1 atom stereocenters. The highest BCUT2D eigenvalue weighted by molar-refractivity contribution is 7.89. The van der Waals surface area contributed by atoms with E-state index in [9.17, 15) is 8.42 Å². The van der Waals surface area contributed by atoms with Crippen LogP contribution in [0.2, 0.25) is 0 Å². The van der Waals surface area contributed by atoms with Crippen molar-refractivity contribution in [3.05, 3.63) is 36.7 Å². The lowest BCUT2D eigenvalue weighted by atomic mass is 10.0. The van der Waals surface area contributed by atoms with Crippen LogP contribution in [0.25, 0.3) is 0 Å². The van der Waals surface area contributed by atoms with Gasteiger partial charge in [-0.1, -0.05) is 13.3 Å². The van der Waals surface area contributed by atoms with E-state index in [1.54, 1.807) is 29.0 Å². The molecule has 0 radical (unpaired) electrons. The monoisotopic (exact) mass is 335 g/mol. The molecule has 0 spiro atoms. The molecule has 3 heterocycles. The molecule has 1 fully saturated rings. The number of hydrogen-bond acceptors (Lipinski definition) is 5. The average Bonchev–Trinajstić information content (AvgIpc) is 3.04. The molecular formula is C15H21N5O2S. The molecule has 3 rings (SSSR count). The highest BCUT2D eigenvalue weighted by Crippen LogP contribution is 2.34. The summed E-state index contributed by atoms with van der Waals surface area (Å²) in [4.78, 5) is 4.17. The second kappa shape index (κ2) is 6.76. The van der Waals surface area contributed by atoms with Gasteiger partial charge in [-0.15, -0.1) is 10.2 Å². The van der Waals surface area contributed by atoms with Gasteiger partial charge in [0.2, 0.25) is 10.0 Å². The summed E-state index contributed by atoms with van der Waals surface area (Å²) in [5, 5.41) is 8.19. The summed E-state index contributed by atoms with van der Waals surface area (Å²) in [5.41, 5.74) is 0. The van der Waals surface area contributed by atoms with Gasteiger partial charge in [-0.2, -0.15) is 4.31 Å². The number of sulfonamides is 1. The van der Waals surface area contributed by atoms with Gasteiger partial charge in [0.1, 0.15) is 11.2 Å². The summed E-state index contributed by atoms with van der Waals surface area (Å²) >= 11 is 0. The Balaban J connectivity index is 1.97. The minimum absolute atomic E-state index is 0.230. The van der Waals surface area contributed by atoms with Crippen LogP contribution in [-0.2, 0) is 16.6 Å². The molecule has 8 heteroatoms. The van der Waals surface area contributed by atoms with Crippen molar-refractivity contribution in [1.82, 2.24) is 24.1 Å². The third kappa shape index (κ3) is 3.13. The zero-order chi connectivity index (χ0) is 16.3. The molecule has 0 bridgehead atoms. The smallest absolute Gasteiger partial charge is 0.245 e. The fourth-order valence-electron chi connectivity index (χ4n) is 3.02. The van der Waals surface area contributed by atoms with Gasteiger partial charge in [-0.3, -0.25) is 4.98 Å². The summed E-state index contributed by atoms with van der Waals surface area (Å²) in [6.07, 6.45) is 8.22. The number of rotatable bonds is 5. The molecule has 0 unspecified atom stereocenters. The topological polar surface area (TPSA) is 81.0 Å². The van der Waals surface area contributed by atoms with Gasteiger partial charge >= 0.3 is 0 Å². The van der Waals surface area contributed by atoms with Crippen molar-refractivity contribution >= 4 is 10.0 Å². The lowest BCUT2D eigenvalue weighted by Gasteiger charge is -2.34. The van der Waals surface area contributed by atoms with Crippen molar-refractivity contribution in [2.75, 3.05) is 6.54 Å². The fraction of sp³-hybridized carbons (Fsp3) is 0.533. The zero-order valence-electron chi connectivity index (χ0n) is 13.2. The van der Waals surface area contributed by atoms with Crippen LogP contribution < -0.4 is 0 Å². The average molecular weight is 335 g/mol. The summed E-state index contributed by atoms with van der Waals surface area (Å²) in [6.45, 7) is 3.37. The molecule has 1 saturated heterocycles. The summed E-state index contributed by atoms with van der Waals surface area (Å²) < 4.78 is 29.5. The molecular weight excluding hydrogens is 314 g/mol. The van der Waals surface area contributed by atoms with Crippen molar-refractivity contribution in [2.45, 2.75) is 50.1 Å². The molecule has 1 aliphatic rings. The van der Waals surface area contributed by atoms with Crippen molar-refractivity contribution in [2.24, 2.45) is 0 Å². The van der Waals surface area contributed by atoms with Crippen LogP contribution in [0.5, 0.6) is 0 Å². The summed E-state index contributed by atoms with van der Waals surface area (Å²) in [6, 6.07) is 2.97. The minimum Gasteiger partial charge on any atom is -0.316 e. The third-order valence-electron chi connectivity index (χ3n) is 4.10. The van der Waals surface area contributed by atoms with E-state index in [0.717, 1.165) is 38.1 Å². The van der Waals surface area contributed by atoms with Crippen LogP contribution in [-0.4, -0.2) is 39.0 Å². The number of hydrogen-bond donors (Lipinski definition) is 0. The molecule has 0 N–H and O–H groups in total. The normalized spacial score (nSPS) is 19.8. The van der Waals surface area contributed by atoms with Gasteiger partial charge in [-0.05, 0) is 31.4 Å².